The van der Waals surface area contributed by atoms with Gasteiger partial charge in [0.25, 0.3) is 0 Å². The fourth-order valence-corrected chi connectivity index (χ4v) is 4.23. The van der Waals surface area contributed by atoms with Gasteiger partial charge in [-0.3, -0.25) is 9.78 Å². The van der Waals surface area contributed by atoms with E-state index in [1.54, 1.807) is 24.5 Å². The van der Waals surface area contributed by atoms with Gasteiger partial charge in [0.1, 0.15) is 5.82 Å². The number of carbonyl (C=O) groups is 1. The highest BCUT2D eigenvalue weighted by Gasteiger charge is 2.28. The summed E-state index contributed by atoms with van der Waals surface area (Å²) in [7, 11) is 0. The molecule has 3 aromatic carbocycles. The topological polar surface area (TPSA) is 68.0 Å². The van der Waals surface area contributed by atoms with E-state index in [9.17, 15) is 4.79 Å². The van der Waals surface area contributed by atoms with Crippen LogP contribution in [0.25, 0.3) is 11.1 Å². The van der Waals surface area contributed by atoms with Crippen molar-refractivity contribution >= 4 is 36.4 Å². The van der Waals surface area contributed by atoms with Gasteiger partial charge in [-0.2, -0.15) is 0 Å². The van der Waals surface area contributed by atoms with Crippen molar-refractivity contribution < 1.29 is 9.18 Å². The molecule has 1 amide bonds. The third-order valence-electron chi connectivity index (χ3n) is 5.81. The number of nitrogens with one attached hydrogen (secondary N) is 1. The van der Waals surface area contributed by atoms with Gasteiger partial charge in [0.2, 0.25) is 5.91 Å². The van der Waals surface area contributed by atoms with E-state index in [-0.39, 0.29) is 36.6 Å². The third kappa shape index (κ3) is 6.25. The fourth-order valence-electron chi connectivity index (χ4n) is 4.23. The Balaban J connectivity index is 0.00000216. The van der Waals surface area contributed by atoms with Gasteiger partial charge in [0.15, 0.2) is 0 Å². The maximum Gasteiger partial charge on any atom is 0.242 e. The maximum atomic E-state index is 15.0. The number of carbonyl (C=O) groups excluding carboxylic acids is 1. The summed E-state index contributed by atoms with van der Waals surface area (Å²) in [6, 6.07) is 23.2. The highest BCUT2D eigenvalue weighted by atomic mass is 35.5. The molecule has 1 unspecified atom stereocenters. The van der Waals surface area contributed by atoms with Crippen LogP contribution in [0.4, 0.5) is 10.1 Å². The SMILES string of the molecule is Cc1cncc(C)c1-c1ccc(NC(=O)C(N)C(c2ccccc2)c2ccccc2)cc1F.Cl.Cl. The normalized spacial score (nSPS) is 11.2. The lowest BCUT2D eigenvalue weighted by molar-refractivity contribution is -0.117. The molecule has 0 spiro atoms. The zero-order valence-electron chi connectivity index (χ0n) is 19.4. The molecule has 182 valence electrons. The Morgan fingerprint density at radius 3 is 1.86 bits per heavy atom. The second kappa shape index (κ2) is 12.5. The molecule has 1 aromatic heterocycles. The molecule has 0 aliphatic heterocycles. The average molecular weight is 512 g/mol. The summed E-state index contributed by atoms with van der Waals surface area (Å²) in [5, 5.41) is 2.79. The molecule has 0 radical (unpaired) electrons. The maximum absolute atomic E-state index is 15.0. The van der Waals surface area contributed by atoms with E-state index in [4.69, 9.17) is 5.73 Å². The van der Waals surface area contributed by atoms with Crippen LogP contribution in [0.1, 0.15) is 28.2 Å². The van der Waals surface area contributed by atoms with Gasteiger partial charge in [-0.25, -0.2) is 4.39 Å². The number of aromatic nitrogens is 1. The van der Waals surface area contributed by atoms with E-state index in [2.05, 4.69) is 10.3 Å². The van der Waals surface area contributed by atoms with Gasteiger partial charge in [0, 0.05) is 29.6 Å². The van der Waals surface area contributed by atoms with E-state index in [0.717, 1.165) is 27.8 Å². The van der Waals surface area contributed by atoms with E-state index < -0.39 is 11.9 Å². The first-order chi connectivity index (χ1) is 16.0. The lowest BCUT2D eigenvalue weighted by Crippen LogP contribution is -2.41. The fraction of sp³-hybridized carbons (Fsp3) is 0.143. The van der Waals surface area contributed by atoms with Crippen LogP contribution >= 0.6 is 24.8 Å². The Kier molecular flexibility index (Phi) is 9.96. The van der Waals surface area contributed by atoms with Crippen LogP contribution in [-0.2, 0) is 4.79 Å². The monoisotopic (exact) mass is 511 g/mol. The molecule has 0 saturated carbocycles. The first-order valence-electron chi connectivity index (χ1n) is 10.8. The summed E-state index contributed by atoms with van der Waals surface area (Å²) in [4.78, 5) is 17.3. The number of amides is 1. The van der Waals surface area contributed by atoms with E-state index in [1.807, 2.05) is 74.5 Å². The van der Waals surface area contributed by atoms with E-state index >= 15 is 4.39 Å². The van der Waals surface area contributed by atoms with Crippen LogP contribution in [0, 0.1) is 19.7 Å². The summed E-state index contributed by atoms with van der Waals surface area (Å²) in [6.45, 7) is 3.80. The first kappa shape index (κ1) is 28.0. The molecule has 1 atom stereocenters. The number of rotatable bonds is 6. The highest BCUT2D eigenvalue weighted by Crippen LogP contribution is 2.31. The number of aryl methyl sites for hydroxylation is 2. The van der Waals surface area contributed by atoms with Crippen molar-refractivity contribution in [2.45, 2.75) is 25.8 Å². The van der Waals surface area contributed by atoms with Gasteiger partial charge < -0.3 is 11.1 Å². The summed E-state index contributed by atoms with van der Waals surface area (Å²) in [5.74, 6) is -1.13. The lowest BCUT2D eigenvalue weighted by Gasteiger charge is -2.24. The number of anilines is 1. The predicted octanol–water partition coefficient (Wildman–Crippen LogP) is 6.45. The first-order valence-corrected chi connectivity index (χ1v) is 10.8. The molecule has 0 bridgehead atoms. The average Bonchev–Trinajstić information content (AvgIpc) is 2.82. The molecule has 3 N–H and O–H groups in total. The second-order valence-corrected chi connectivity index (χ2v) is 8.16. The molecule has 0 fully saturated rings. The van der Waals surface area contributed by atoms with Crippen LogP contribution < -0.4 is 11.1 Å². The highest BCUT2D eigenvalue weighted by molar-refractivity contribution is 5.96. The van der Waals surface area contributed by atoms with E-state index in [0.29, 0.717) is 11.3 Å². The van der Waals surface area contributed by atoms with Crippen LogP contribution in [-0.4, -0.2) is 16.9 Å². The Morgan fingerprint density at radius 2 is 1.37 bits per heavy atom. The molecule has 4 rings (SSSR count). The minimum atomic E-state index is -0.859. The number of hydrogen-bond donors (Lipinski definition) is 2. The Labute approximate surface area is 217 Å². The molecular weight excluding hydrogens is 484 g/mol. The van der Waals surface area contributed by atoms with Crippen molar-refractivity contribution in [1.29, 1.82) is 0 Å². The van der Waals surface area contributed by atoms with E-state index in [1.165, 1.54) is 6.07 Å². The standard InChI is InChI=1S/C28H26FN3O.2ClH/c1-18-16-31-17-19(2)25(18)23-14-13-22(15-24(23)29)32-28(33)27(30)26(20-9-5-3-6-10-20)21-11-7-4-8-12-21;;/h3-17,26-27H,30H2,1-2H3,(H,32,33);2*1H. The molecule has 0 saturated heterocycles. The number of benzene rings is 3. The molecule has 4 aromatic rings. The minimum Gasteiger partial charge on any atom is -0.325 e. The Bertz CT molecular complexity index is 1210. The third-order valence-corrected chi connectivity index (χ3v) is 5.81. The van der Waals surface area contributed by atoms with Crippen molar-refractivity contribution in [2.75, 3.05) is 5.32 Å². The summed E-state index contributed by atoms with van der Waals surface area (Å²) in [5.41, 5.74) is 11.8. The van der Waals surface area contributed by atoms with Crippen LogP contribution in [0.15, 0.2) is 91.3 Å². The van der Waals surface area contributed by atoms with Crippen molar-refractivity contribution in [1.82, 2.24) is 4.98 Å². The van der Waals surface area contributed by atoms with Crippen molar-refractivity contribution in [3.8, 4) is 11.1 Å². The second-order valence-electron chi connectivity index (χ2n) is 8.16. The van der Waals surface area contributed by atoms with Crippen LogP contribution in [0.3, 0.4) is 0 Å². The zero-order chi connectivity index (χ0) is 23.4. The summed E-state index contributed by atoms with van der Waals surface area (Å²) >= 11 is 0. The predicted molar refractivity (Wildman–Crippen MR) is 145 cm³/mol. The van der Waals surface area contributed by atoms with Crippen molar-refractivity contribution in [2.24, 2.45) is 5.73 Å². The minimum absolute atomic E-state index is 0. The molecule has 4 nitrogen and oxygen atoms in total. The molecule has 0 aliphatic rings. The lowest BCUT2D eigenvalue weighted by atomic mass is 9.85. The number of pyridine rings is 1. The number of halogens is 3. The summed E-state index contributed by atoms with van der Waals surface area (Å²) < 4.78 is 15.0. The van der Waals surface area contributed by atoms with Crippen molar-refractivity contribution in [3.63, 3.8) is 0 Å². The molecule has 1 heterocycles. The van der Waals surface area contributed by atoms with Crippen molar-refractivity contribution in [3.05, 3.63) is 119 Å². The molecule has 7 heteroatoms. The molecule has 0 aliphatic carbocycles. The number of nitrogens with zero attached hydrogens (tertiary/aromatic N) is 1. The quantitative estimate of drug-likeness (QED) is 0.312. The van der Waals surface area contributed by atoms with Gasteiger partial charge in [-0.15, -0.1) is 24.8 Å². The summed E-state index contributed by atoms with van der Waals surface area (Å²) in [6.07, 6.45) is 3.42. The van der Waals surface area contributed by atoms with Gasteiger partial charge in [0.05, 0.1) is 6.04 Å². The smallest absolute Gasteiger partial charge is 0.242 e. The van der Waals surface area contributed by atoms with Gasteiger partial charge >= 0.3 is 0 Å². The van der Waals surface area contributed by atoms with Crippen LogP contribution in [0.5, 0.6) is 0 Å². The van der Waals surface area contributed by atoms with Crippen LogP contribution in [0.2, 0.25) is 0 Å². The Morgan fingerprint density at radius 1 is 0.857 bits per heavy atom. The van der Waals surface area contributed by atoms with Gasteiger partial charge in [-0.1, -0.05) is 60.7 Å². The number of nitrogens with two attached hydrogens (primary N) is 1. The largest absolute Gasteiger partial charge is 0.325 e. The molecular formula is C28H28Cl2FN3O. The zero-order valence-corrected chi connectivity index (χ0v) is 21.1. The Hall–Kier alpha value is -3.25. The molecule has 35 heavy (non-hydrogen) atoms. The number of hydrogen-bond acceptors (Lipinski definition) is 3. The van der Waals surface area contributed by atoms with Gasteiger partial charge in [-0.05, 0) is 59.9 Å².